The smallest absolute Gasteiger partial charge is 0.125 e. The number of aryl methyl sites for hydroxylation is 1. The molecule has 0 radical (unpaired) electrons. The lowest BCUT2D eigenvalue weighted by Crippen LogP contribution is -2.19. The van der Waals surface area contributed by atoms with E-state index in [1.165, 1.54) is 0 Å². The van der Waals surface area contributed by atoms with Gasteiger partial charge >= 0.3 is 0 Å². The molecular formula is C16H22N4O. The molecule has 0 atom stereocenters. The van der Waals surface area contributed by atoms with Crippen LogP contribution in [0.4, 0.5) is 5.69 Å². The summed E-state index contributed by atoms with van der Waals surface area (Å²) in [5, 5.41) is 3.35. The molecule has 1 aromatic heterocycles. The Morgan fingerprint density at radius 2 is 2.10 bits per heavy atom. The number of rotatable bonds is 7. The molecule has 2 aromatic rings. The van der Waals surface area contributed by atoms with Crippen LogP contribution in [-0.2, 0) is 6.54 Å². The van der Waals surface area contributed by atoms with Gasteiger partial charge in [0.1, 0.15) is 18.2 Å². The maximum Gasteiger partial charge on any atom is 0.125 e. The van der Waals surface area contributed by atoms with Crippen molar-refractivity contribution in [1.29, 1.82) is 0 Å². The molecule has 0 spiro atoms. The van der Waals surface area contributed by atoms with Crippen molar-refractivity contribution in [2.45, 2.75) is 13.5 Å². The predicted octanol–water partition coefficient (Wildman–Crippen LogP) is 2.34. The van der Waals surface area contributed by atoms with E-state index in [1.807, 2.05) is 51.4 Å². The minimum Gasteiger partial charge on any atom is -0.492 e. The summed E-state index contributed by atoms with van der Waals surface area (Å²) in [5.41, 5.74) is 2.00. The molecule has 112 valence electrons. The largest absolute Gasteiger partial charge is 0.492 e. The average Bonchev–Trinajstić information content (AvgIpc) is 2.45. The highest BCUT2D eigenvalue weighted by atomic mass is 16.5. The molecule has 1 aromatic carbocycles. The molecule has 5 nitrogen and oxygen atoms in total. The molecule has 0 saturated carbocycles. The second kappa shape index (κ2) is 7.59. The summed E-state index contributed by atoms with van der Waals surface area (Å²) in [5.74, 6) is 1.66. The first-order valence-corrected chi connectivity index (χ1v) is 7.03. The highest BCUT2D eigenvalue weighted by molar-refractivity contribution is 5.48. The quantitative estimate of drug-likeness (QED) is 0.846. The highest BCUT2D eigenvalue weighted by Gasteiger charge is 1.99. The van der Waals surface area contributed by atoms with Crippen molar-refractivity contribution in [3.8, 4) is 5.75 Å². The first-order valence-electron chi connectivity index (χ1n) is 7.03. The SMILES string of the molecule is Cc1nccc(CNc2cccc(OCCN(C)C)c2)n1. The molecule has 0 aliphatic heterocycles. The number of benzene rings is 1. The fourth-order valence-corrected chi connectivity index (χ4v) is 1.84. The van der Waals surface area contributed by atoms with E-state index < -0.39 is 0 Å². The van der Waals surface area contributed by atoms with Crippen molar-refractivity contribution in [1.82, 2.24) is 14.9 Å². The molecule has 0 saturated heterocycles. The summed E-state index contributed by atoms with van der Waals surface area (Å²) >= 11 is 0. The minimum atomic E-state index is 0.671. The molecule has 0 unspecified atom stereocenters. The first kappa shape index (κ1) is 15.3. The molecule has 0 amide bonds. The van der Waals surface area contributed by atoms with Crippen molar-refractivity contribution in [2.24, 2.45) is 0 Å². The van der Waals surface area contributed by atoms with Crippen molar-refractivity contribution in [3.63, 3.8) is 0 Å². The average molecular weight is 286 g/mol. The summed E-state index contributed by atoms with van der Waals surface area (Å²) in [4.78, 5) is 10.6. The van der Waals surface area contributed by atoms with Crippen LogP contribution in [0.1, 0.15) is 11.5 Å². The summed E-state index contributed by atoms with van der Waals surface area (Å²) in [6, 6.07) is 9.89. The van der Waals surface area contributed by atoms with Gasteiger partial charge in [-0.05, 0) is 39.2 Å². The van der Waals surface area contributed by atoms with Crippen LogP contribution in [0.15, 0.2) is 36.5 Å². The lowest BCUT2D eigenvalue weighted by molar-refractivity contribution is 0.261. The Hall–Kier alpha value is -2.14. The Morgan fingerprint density at radius 3 is 2.86 bits per heavy atom. The van der Waals surface area contributed by atoms with E-state index in [0.717, 1.165) is 29.5 Å². The fourth-order valence-electron chi connectivity index (χ4n) is 1.84. The number of hydrogen-bond acceptors (Lipinski definition) is 5. The van der Waals surface area contributed by atoms with Crippen molar-refractivity contribution in [3.05, 3.63) is 48.0 Å². The van der Waals surface area contributed by atoms with Gasteiger partial charge in [-0.1, -0.05) is 6.07 Å². The molecule has 2 rings (SSSR count). The van der Waals surface area contributed by atoms with Crippen LogP contribution in [0, 0.1) is 6.92 Å². The summed E-state index contributed by atoms with van der Waals surface area (Å²) in [6.45, 7) is 4.15. The second-order valence-electron chi connectivity index (χ2n) is 5.13. The maximum absolute atomic E-state index is 5.72. The van der Waals surface area contributed by atoms with Gasteiger partial charge in [0.15, 0.2) is 0 Å². The molecule has 1 N–H and O–H groups in total. The van der Waals surface area contributed by atoms with Crippen LogP contribution >= 0.6 is 0 Å². The number of hydrogen-bond donors (Lipinski definition) is 1. The lowest BCUT2D eigenvalue weighted by atomic mass is 10.3. The van der Waals surface area contributed by atoms with E-state index in [0.29, 0.717) is 13.2 Å². The highest BCUT2D eigenvalue weighted by Crippen LogP contribution is 2.17. The van der Waals surface area contributed by atoms with Crippen LogP contribution in [0.25, 0.3) is 0 Å². The van der Waals surface area contributed by atoms with E-state index in [9.17, 15) is 0 Å². The third-order valence-corrected chi connectivity index (χ3v) is 2.95. The predicted molar refractivity (Wildman–Crippen MR) is 84.6 cm³/mol. The topological polar surface area (TPSA) is 50.3 Å². The van der Waals surface area contributed by atoms with Gasteiger partial charge in [0.05, 0.1) is 12.2 Å². The van der Waals surface area contributed by atoms with Gasteiger partial charge in [-0.25, -0.2) is 9.97 Å². The summed E-state index contributed by atoms with van der Waals surface area (Å²) < 4.78 is 5.72. The van der Waals surface area contributed by atoms with Gasteiger partial charge in [-0.15, -0.1) is 0 Å². The Kier molecular flexibility index (Phi) is 5.51. The Labute approximate surface area is 126 Å². The molecule has 0 fully saturated rings. The van der Waals surface area contributed by atoms with E-state index in [4.69, 9.17) is 4.74 Å². The van der Waals surface area contributed by atoms with Crippen molar-refractivity contribution < 1.29 is 4.74 Å². The number of likely N-dealkylation sites (N-methyl/N-ethyl adjacent to an activating group) is 1. The van der Waals surface area contributed by atoms with Crippen molar-refractivity contribution >= 4 is 5.69 Å². The van der Waals surface area contributed by atoms with Gasteiger partial charge in [0.2, 0.25) is 0 Å². The van der Waals surface area contributed by atoms with E-state index >= 15 is 0 Å². The van der Waals surface area contributed by atoms with Gasteiger partial charge in [0, 0.05) is 24.5 Å². The zero-order chi connectivity index (χ0) is 15.1. The standard InChI is InChI=1S/C16H22N4O/c1-13-17-8-7-15(19-13)12-18-14-5-4-6-16(11-14)21-10-9-20(2)3/h4-8,11,18H,9-10,12H2,1-3H3. The Morgan fingerprint density at radius 1 is 1.24 bits per heavy atom. The van der Waals surface area contributed by atoms with Crippen LogP contribution in [0.2, 0.25) is 0 Å². The third-order valence-electron chi connectivity index (χ3n) is 2.95. The number of nitrogens with one attached hydrogen (secondary N) is 1. The molecular weight excluding hydrogens is 264 g/mol. The second-order valence-corrected chi connectivity index (χ2v) is 5.13. The first-order chi connectivity index (χ1) is 10.1. The third kappa shape index (κ3) is 5.39. The summed E-state index contributed by atoms with van der Waals surface area (Å²) in [7, 11) is 4.07. The van der Waals surface area contributed by atoms with Gasteiger partial charge in [-0.2, -0.15) is 0 Å². The van der Waals surface area contributed by atoms with Crippen LogP contribution in [0.3, 0.4) is 0 Å². The normalized spacial score (nSPS) is 10.7. The van der Waals surface area contributed by atoms with Crippen LogP contribution in [0.5, 0.6) is 5.75 Å². The number of aromatic nitrogens is 2. The van der Waals surface area contributed by atoms with E-state index in [1.54, 1.807) is 6.20 Å². The molecule has 0 bridgehead atoms. The molecule has 5 heteroatoms. The number of nitrogens with zero attached hydrogens (tertiary/aromatic N) is 3. The van der Waals surface area contributed by atoms with E-state index in [-0.39, 0.29) is 0 Å². The number of ether oxygens (including phenoxy) is 1. The summed E-state index contributed by atoms with van der Waals surface area (Å²) in [6.07, 6.45) is 1.78. The van der Waals surface area contributed by atoms with E-state index in [2.05, 4.69) is 20.2 Å². The Bertz CT molecular complexity index is 572. The minimum absolute atomic E-state index is 0.671. The maximum atomic E-state index is 5.72. The van der Waals surface area contributed by atoms with Gasteiger partial charge in [0.25, 0.3) is 0 Å². The number of anilines is 1. The van der Waals surface area contributed by atoms with Crippen LogP contribution < -0.4 is 10.1 Å². The molecule has 21 heavy (non-hydrogen) atoms. The molecule has 0 aliphatic rings. The lowest BCUT2D eigenvalue weighted by Gasteiger charge is -2.12. The van der Waals surface area contributed by atoms with Gasteiger partial charge < -0.3 is 15.0 Å². The zero-order valence-corrected chi connectivity index (χ0v) is 12.8. The van der Waals surface area contributed by atoms with Crippen LogP contribution in [-0.4, -0.2) is 42.1 Å². The monoisotopic (exact) mass is 286 g/mol. The van der Waals surface area contributed by atoms with Gasteiger partial charge in [-0.3, -0.25) is 0 Å². The fraction of sp³-hybridized carbons (Fsp3) is 0.375. The Balaban J connectivity index is 1.88. The van der Waals surface area contributed by atoms with Crippen molar-refractivity contribution in [2.75, 3.05) is 32.6 Å². The molecule has 1 heterocycles. The zero-order valence-electron chi connectivity index (χ0n) is 12.8. The molecule has 0 aliphatic carbocycles.